The van der Waals surface area contributed by atoms with Crippen molar-refractivity contribution in [1.29, 1.82) is 0 Å². The normalized spacial score (nSPS) is 10.8. The fraction of sp³-hybridized carbons (Fsp3) is 0.333. The zero-order chi connectivity index (χ0) is 8.15. The number of esters is 1. The summed E-state index contributed by atoms with van der Waals surface area (Å²) in [5.41, 5.74) is 5.04. The Morgan fingerprint density at radius 2 is 1.90 bits per heavy atom. The van der Waals surface area contributed by atoms with Crippen molar-refractivity contribution in [3.05, 3.63) is 11.8 Å². The first-order valence-corrected chi connectivity index (χ1v) is 2.68. The van der Waals surface area contributed by atoms with E-state index in [0.717, 1.165) is 6.26 Å². The quantitative estimate of drug-likeness (QED) is 0.334. The predicted molar refractivity (Wildman–Crippen MR) is 34.7 cm³/mol. The van der Waals surface area contributed by atoms with Crippen molar-refractivity contribution in [1.82, 2.24) is 0 Å². The Balaban J connectivity index is 3.92. The van der Waals surface area contributed by atoms with Gasteiger partial charge in [-0.25, -0.2) is 0 Å². The van der Waals surface area contributed by atoms with Crippen LogP contribution >= 0.6 is 0 Å². The second kappa shape index (κ2) is 3.66. The first-order valence-electron chi connectivity index (χ1n) is 2.68. The third-order valence-corrected chi connectivity index (χ3v) is 0.790. The van der Waals surface area contributed by atoms with Crippen LogP contribution in [0.15, 0.2) is 11.8 Å². The Bertz CT molecular complexity index is 183. The van der Waals surface area contributed by atoms with Crippen LogP contribution in [0.3, 0.4) is 0 Å². The van der Waals surface area contributed by atoms with E-state index in [9.17, 15) is 9.59 Å². The summed E-state index contributed by atoms with van der Waals surface area (Å²) in [7, 11) is 0. The van der Waals surface area contributed by atoms with Gasteiger partial charge in [-0.05, 0) is 6.92 Å². The van der Waals surface area contributed by atoms with E-state index in [-0.39, 0.29) is 5.57 Å². The topological polar surface area (TPSA) is 69.4 Å². The van der Waals surface area contributed by atoms with Crippen LogP contribution in [0.4, 0.5) is 0 Å². The average molecular weight is 143 g/mol. The Morgan fingerprint density at radius 1 is 1.40 bits per heavy atom. The lowest BCUT2D eigenvalue weighted by Crippen LogP contribution is -2.12. The molecule has 56 valence electrons. The van der Waals surface area contributed by atoms with Crippen LogP contribution in [-0.2, 0) is 14.3 Å². The van der Waals surface area contributed by atoms with E-state index in [1.54, 1.807) is 0 Å². The van der Waals surface area contributed by atoms with Crippen LogP contribution in [0.25, 0.3) is 0 Å². The van der Waals surface area contributed by atoms with Crippen LogP contribution in [0.1, 0.15) is 13.8 Å². The molecule has 10 heavy (non-hydrogen) atoms. The molecule has 0 rings (SSSR count). The average Bonchev–Trinajstić information content (AvgIpc) is 1.82. The van der Waals surface area contributed by atoms with Gasteiger partial charge in [0.15, 0.2) is 0 Å². The lowest BCUT2D eigenvalue weighted by molar-refractivity contribution is -0.135. The SMILES string of the molecule is CC(=O)O/C=C(\C)C(N)=O. The highest BCUT2D eigenvalue weighted by Gasteiger charge is 1.96. The molecule has 1 amide bonds. The van der Waals surface area contributed by atoms with Crippen molar-refractivity contribution in [2.24, 2.45) is 5.73 Å². The summed E-state index contributed by atoms with van der Waals surface area (Å²) < 4.78 is 4.36. The summed E-state index contributed by atoms with van der Waals surface area (Å²) >= 11 is 0. The molecule has 4 nitrogen and oxygen atoms in total. The van der Waals surface area contributed by atoms with Crippen molar-refractivity contribution in [2.75, 3.05) is 0 Å². The molecule has 0 bridgehead atoms. The maximum absolute atomic E-state index is 10.3. The summed E-state index contributed by atoms with van der Waals surface area (Å²) in [6, 6.07) is 0. The van der Waals surface area contributed by atoms with E-state index in [2.05, 4.69) is 4.74 Å². The lowest BCUT2D eigenvalue weighted by atomic mass is 10.3. The largest absolute Gasteiger partial charge is 0.434 e. The molecule has 0 aliphatic rings. The Kier molecular flexibility index (Phi) is 3.17. The summed E-state index contributed by atoms with van der Waals surface area (Å²) in [6.07, 6.45) is 1.03. The summed E-state index contributed by atoms with van der Waals surface area (Å²) in [5, 5.41) is 0. The molecule has 0 spiro atoms. The summed E-state index contributed by atoms with van der Waals surface area (Å²) in [4.78, 5) is 20.4. The van der Waals surface area contributed by atoms with Crippen molar-refractivity contribution < 1.29 is 14.3 Å². The molecule has 2 N–H and O–H groups in total. The lowest BCUT2D eigenvalue weighted by Gasteiger charge is -1.93. The van der Waals surface area contributed by atoms with Crippen molar-refractivity contribution in [3.8, 4) is 0 Å². The predicted octanol–water partition coefficient (Wildman–Crippen LogP) is -0.0614. The highest BCUT2D eigenvalue weighted by molar-refractivity contribution is 5.91. The highest BCUT2D eigenvalue weighted by atomic mass is 16.5. The zero-order valence-electron chi connectivity index (χ0n) is 5.88. The molecule has 0 unspecified atom stereocenters. The van der Waals surface area contributed by atoms with Crippen LogP contribution in [-0.4, -0.2) is 11.9 Å². The van der Waals surface area contributed by atoms with E-state index < -0.39 is 11.9 Å². The third-order valence-electron chi connectivity index (χ3n) is 0.790. The minimum atomic E-state index is -0.596. The monoisotopic (exact) mass is 143 g/mol. The molecule has 0 aliphatic heterocycles. The standard InChI is InChI=1S/C6H9NO3/c1-4(6(7)9)3-10-5(2)8/h3H,1-2H3,(H2,7,9)/b4-3+. The smallest absolute Gasteiger partial charge is 0.307 e. The van der Waals surface area contributed by atoms with Gasteiger partial charge in [-0.3, -0.25) is 9.59 Å². The Hall–Kier alpha value is -1.32. The number of primary amides is 1. The molecule has 0 heterocycles. The minimum Gasteiger partial charge on any atom is -0.434 e. The zero-order valence-corrected chi connectivity index (χ0v) is 5.88. The molecule has 4 heteroatoms. The van der Waals surface area contributed by atoms with Gasteiger partial charge in [-0.2, -0.15) is 0 Å². The first kappa shape index (κ1) is 8.68. The highest BCUT2D eigenvalue weighted by Crippen LogP contribution is 1.90. The van der Waals surface area contributed by atoms with Gasteiger partial charge >= 0.3 is 5.97 Å². The van der Waals surface area contributed by atoms with E-state index in [4.69, 9.17) is 5.73 Å². The van der Waals surface area contributed by atoms with E-state index in [1.165, 1.54) is 13.8 Å². The number of ether oxygens (including phenoxy) is 1. The van der Waals surface area contributed by atoms with Crippen molar-refractivity contribution in [3.63, 3.8) is 0 Å². The Morgan fingerprint density at radius 3 is 2.20 bits per heavy atom. The second-order valence-corrected chi connectivity index (χ2v) is 1.77. The van der Waals surface area contributed by atoms with Gasteiger partial charge in [-0.15, -0.1) is 0 Å². The van der Waals surface area contributed by atoms with Crippen LogP contribution in [0, 0.1) is 0 Å². The molecular formula is C6H9NO3. The van der Waals surface area contributed by atoms with Crippen molar-refractivity contribution in [2.45, 2.75) is 13.8 Å². The van der Waals surface area contributed by atoms with Gasteiger partial charge in [0.2, 0.25) is 5.91 Å². The van der Waals surface area contributed by atoms with Gasteiger partial charge in [0.25, 0.3) is 0 Å². The maximum atomic E-state index is 10.3. The van der Waals surface area contributed by atoms with Crippen LogP contribution < -0.4 is 5.73 Å². The number of hydrogen-bond acceptors (Lipinski definition) is 3. The number of amides is 1. The van der Waals surface area contributed by atoms with Gasteiger partial charge in [0.05, 0.1) is 0 Å². The Labute approximate surface area is 58.7 Å². The molecular weight excluding hydrogens is 134 g/mol. The second-order valence-electron chi connectivity index (χ2n) is 1.77. The summed E-state index contributed by atoms with van der Waals surface area (Å²) in [5.74, 6) is -1.07. The summed E-state index contributed by atoms with van der Waals surface area (Å²) in [6.45, 7) is 2.70. The van der Waals surface area contributed by atoms with E-state index in [1.807, 2.05) is 0 Å². The van der Waals surface area contributed by atoms with E-state index >= 15 is 0 Å². The number of carbonyl (C=O) groups is 2. The first-order chi connectivity index (χ1) is 4.54. The van der Waals surface area contributed by atoms with Crippen LogP contribution in [0.2, 0.25) is 0 Å². The molecule has 0 atom stereocenters. The molecule has 0 fully saturated rings. The fourth-order valence-corrected chi connectivity index (χ4v) is 0.229. The molecule has 0 saturated heterocycles. The van der Waals surface area contributed by atoms with Crippen molar-refractivity contribution >= 4 is 11.9 Å². The molecule has 0 aliphatic carbocycles. The number of rotatable bonds is 2. The minimum absolute atomic E-state index is 0.218. The molecule has 0 aromatic heterocycles. The third kappa shape index (κ3) is 3.65. The van der Waals surface area contributed by atoms with Gasteiger partial charge in [0, 0.05) is 12.5 Å². The van der Waals surface area contributed by atoms with E-state index in [0.29, 0.717) is 0 Å². The number of carbonyl (C=O) groups excluding carboxylic acids is 2. The fourth-order valence-electron chi connectivity index (χ4n) is 0.229. The number of hydrogen-bond donors (Lipinski definition) is 1. The van der Waals surface area contributed by atoms with Crippen LogP contribution in [0.5, 0.6) is 0 Å². The van der Waals surface area contributed by atoms with Gasteiger partial charge in [-0.1, -0.05) is 0 Å². The molecule has 0 saturated carbocycles. The molecule has 0 aromatic carbocycles. The van der Waals surface area contributed by atoms with Gasteiger partial charge in [0.1, 0.15) is 6.26 Å². The van der Waals surface area contributed by atoms with Gasteiger partial charge < -0.3 is 10.5 Å². The molecule has 0 aromatic rings. The number of nitrogens with two attached hydrogens (primary N) is 1. The molecule has 0 radical (unpaired) electrons. The maximum Gasteiger partial charge on any atom is 0.307 e.